The number of sulfonamides is 1. The van der Waals surface area contributed by atoms with E-state index in [-0.39, 0.29) is 6.04 Å². The zero-order chi connectivity index (χ0) is 13.2. The Bertz CT molecular complexity index is 492. The Labute approximate surface area is 107 Å². The van der Waals surface area contributed by atoms with Crippen LogP contribution < -0.4 is 11.1 Å². The molecule has 100 valence electrons. The van der Waals surface area contributed by atoms with Crippen LogP contribution in [0.2, 0.25) is 0 Å². The molecule has 18 heavy (non-hydrogen) atoms. The van der Waals surface area contributed by atoms with Crippen molar-refractivity contribution in [3.05, 3.63) is 18.3 Å². The Hall–Kier alpha value is -1.34. The van der Waals surface area contributed by atoms with Crippen molar-refractivity contribution in [3.8, 4) is 0 Å². The van der Waals surface area contributed by atoms with Crippen LogP contribution in [0, 0.1) is 0 Å². The topological polar surface area (TPSA) is 88.3 Å². The molecule has 0 saturated carbocycles. The van der Waals surface area contributed by atoms with Crippen molar-refractivity contribution in [2.24, 2.45) is 0 Å². The number of anilines is 2. The summed E-state index contributed by atoms with van der Waals surface area (Å²) in [5.74, 6) is 0.780. The average Bonchev–Trinajstić information content (AvgIpc) is 2.32. The maximum absolute atomic E-state index is 11.4. The molecule has 1 saturated heterocycles. The Morgan fingerprint density at radius 2 is 2.06 bits per heavy atom. The van der Waals surface area contributed by atoms with E-state index in [9.17, 15) is 8.42 Å². The molecule has 2 heterocycles. The van der Waals surface area contributed by atoms with Gasteiger partial charge >= 0.3 is 0 Å². The number of hydrogen-bond donors (Lipinski definition) is 2. The van der Waals surface area contributed by atoms with Crippen molar-refractivity contribution in [1.29, 1.82) is 0 Å². The highest BCUT2D eigenvalue weighted by atomic mass is 32.2. The minimum atomic E-state index is -3.05. The van der Waals surface area contributed by atoms with Crippen LogP contribution in [0.1, 0.15) is 12.8 Å². The number of pyridine rings is 1. The SMILES string of the molecule is CS(=O)(=O)N1CCC(Nc2ccc(N)cn2)CC1. The number of nitrogen functional groups attached to an aromatic ring is 1. The molecular formula is C11H18N4O2S. The molecule has 0 atom stereocenters. The van der Waals surface area contributed by atoms with Crippen molar-refractivity contribution in [2.45, 2.75) is 18.9 Å². The number of aromatic nitrogens is 1. The van der Waals surface area contributed by atoms with Gasteiger partial charge in [-0.25, -0.2) is 17.7 Å². The lowest BCUT2D eigenvalue weighted by atomic mass is 10.1. The molecule has 0 amide bonds. The van der Waals surface area contributed by atoms with E-state index in [0.29, 0.717) is 18.8 Å². The third-order valence-electron chi connectivity index (χ3n) is 3.06. The van der Waals surface area contributed by atoms with E-state index in [0.717, 1.165) is 18.7 Å². The van der Waals surface area contributed by atoms with Crippen molar-refractivity contribution in [1.82, 2.24) is 9.29 Å². The number of piperidine rings is 1. The number of hydrogen-bond acceptors (Lipinski definition) is 5. The number of nitrogens with two attached hydrogens (primary N) is 1. The molecule has 1 aliphatic heterocycles. The lowest BCUT2D eigenvalue weighted by Crippen LogP contribution is -2.41. The summed E-state index contributed by atoms with van der Waals surface area (Å²) in [5, 5.41) is 3.29. The largest absolute Gasteiger partial charge is 0.397 e. The van der Waals surface area contributed by atoms with E-state index < -0.39 is 10.0 Å². The monoisotopic (exact) mass is 270 g/mol. The van der Waals surface area contributed by atoms with E-state index in [1.807, 2.05) is 6.07 Å². The van der Waals surface area contributed by atoms with Crippen LogP contribution in [-0.4, -0.2) is 43.1 Å². The van der Waals surface area contributed by atoms with Gasteiger partial charge in [0.2, 0.25) is 10.0 Å². The van der Waals surface area contributed by atoms with Gasteiger partial charge in [-0.1, -0.05) is 0 Å². The summed E-state index contributed by atoms with van der Waals surface area (Å²) < 4.78 is 24.3. The molecule has 2 rings (SSSR count). The number of nitrogens with one attached hydrogen (secondary N) is 1. The second-order valence-electron chi connectivity index (χ2n) is 4.56. The van der Waals surface area contributed by atoms with Gasteiger partial charge in [-0.3, -0.25) is 0 Å². The van der Waals surface area contributed by atoms with Crippen LogP contribution in [0.15, 0.2) is 18.3 Å². The minimum Gasteiger partial charge on any atom is -0.397 e. The van der Waals surface area contributed by atoms with Gasteiger partial charge in [0, 0.05) is 19.1 Å². The first-order valence-electron chi connectivity index (χ1n) is 5.88. The van der Waals surface area contributed by atoms with Gasteiger partial charge < -0.3 is 11.1 Å². The van der Waals surface area contributed by atoms with Crippen molar-refractivity contribution < 1.29 is 8.42 Å². The third-order valence-corrected chi connectivity index (χ3v) is 4.36. The fourth-order valence-electron chi connectivity index (χ4n) is 2.03. The van der Waals surface area contributed by atoms with Crippen LogP contribution in [-0.2, 0) is 10.0 Å². The highest BCUT2D eigenvalue weighted by Gasteiger charge is 2.24. The average molecular weight is 270 g/mol. The van der Waals surface area contributed by atoms with Crippen LogP contribution >= 0.6 is 0 Å². The number of rotatable bonds is 3. The van der Waals surface area contributed by atoms with Crippen molar-refractivity contribution in [3.63, 3.8) is 0 Å². The molecule has 0 radical (unpaired) electrons. The predicted molar refractivity (Wildman–Crippen MR) is 71.7 cm³/mol. The first kappa shape index (κ1) is 13.1. The van der Waals surface area contributed by atoms with Crippen LogP contribution in [0.25, 0.3) is 0 Å². The lowest BCUT2D eigenvalue weighted by molar-refractivity contribution is 0.331. The van der Waals surface area contributed by atoms with Gasteiger partial charge in [-0.2, -0.15) is 0 Å². The number of nitrogens with zero attached hydrogens (tertiary/aromatic N) is 2. The van der Waals surface area contributed by atoms with E-state index in [4.69, 9.17) is 5.73 Å². The molecule has 0 aromatic carbocycles. The van der Waals surface area contributed by atoms with Gasteiger partial charge in [0.15, 0.2) is 0 Å². The van der Waals surface area contributed by atoms with E-state index >= 15 is 0 Å². The summed E-state index contributed by atoms with van der Waals surface area (Å²) in [6.45, 7) is 1.12. The molecule has 6 nitrogen and oxygen atoms in total. The van der Waals surface area contributed by atoms with Crippen molar-refractivity contribution in [2.75, 3.05) is 30.4 Å². The first-order chi connectivity index (χ1) is 8.45. The second kappa shape index (κ2) is 5.11. The molecule has 1 aliphatic rings. The second-order valence-corrected chi connectivity index (χ2v) is 6.54. The van der Waals surface area contributed by atoms with E-state index in [2.05, 4.69) is 10.3 Å². The first-order valence-corrected chi connectivity index (χ1v) is 7.73. The molecule has 7 heteroatoms. The smallest absolute Gasteiger partial charge is 0.211 e. The Kier molecular flexibility index (Phi) is 3.72. The molecule has 1 aromatic rings. The normalized spacial score (nSPS) is 18.7. The fourth-order valence-corrected chi connectivity index (χ4v) is 2.91. The van der Waals surface area contributed by atoms with Gasteiger partial charge in [-0.05, 0) is 25.0 Å². The van der Waals surface area contributed by atoms with Crippen LogP contribution in [0.5, 0.6) is 0 Å². The Balaban J connectivity index is 1.89. The molecule has 1 aromatic heterocycles. The molecule has 0 spiro atoms. The zero-order valence-corrected chi connectivity index (χ0v) is 11.2. The Morgan fingerprint density at radius 3 is 2.56 bits per heavy atom. The Morgan fingerprint density at radius 1 is 1.39 bits per heavy atom. The third kappa shape index (κ3) is 3.33. The summed E-state index contributed by atoms with van der Waals surface area (Å²) in [6, 6.07) is 3.89. The summed E-state index contributed by atoms with van der Waals surface area (Å²) >= 11 is 0. The van der Waals surface area contributed by atoms with E-state index in [1.165, 1.54) is 10.6 Å². The van der Waals surface area contributed by atoms with Crippen LogP contribution in [0.4, 0.5) is 11.5 Å². The highest BCUT2D eigenvalue weighted by Crippen LogP contribution is 2.17. The highest BCUT2D eigenvalue weighted by molar-refractivity contribution is 7.88. The summed E-state index contributed by atoms with van der Waals surface area (Å²) in [7, 11) is -3.05. The zero-order valence-electron chi connectivity index (χ0n) is 10.3. The molecule has 3 N–H and O–H groups in total. The summed E-state index contributed by atoms with van der Waals surface area (Å²) in [5.41, 5.74) is 6.19. The van der Waals surface area contributed by atoms with E-state index in [1.54, 1.807) is 12.3 Å². The summed E-state index contributed by atoms with van der Waals surface area (Å²) in [6.07, 6.45) is 4.44. The van der Waals surface area contributed by atoms with Gasteiger partial charge in [0.25, 0.3) is 0 Å². The maximum atomic E-state index is 11.4. The molecule has 0 unspecified atom stereocenters. The van der Waals surface area contributed by atoms with Gasteiger partial charge in [0.05, 0.1) is 18.1 Å². The van der Waals surface area contributed by atoms with Gasteiger partial charge in [0.1, 0.15) is 5.82 Å². The maximum Gasteiger partial charge on any atom is 0.211 e. The minimum absolute atomic E-state index is 0.263. The van der Waals surface area contributed by atoms with Gasteiger partial charge in [-0.15, -0.1) is 0 Å². The van der Waals surface area contributed by atoms with Crippen molar-refractivity contribution >= 4 is 21.5 Å². The molecule has 1 fully saturated rings. The molecular weight excluding hydrogens is 252 g/mol. The fraction of sp³-hybridized carbons (Fsp3) is 0.545. The van der Waals surface area contributed by atoms with Crippen LogP contribution in [0.3, 0.4) is 0 Å². The molecule has 0 aliphatic carbocycles. The summed E-state index contributed by atoms with van der Waals surface area (Å²) in [4.78, 5) is 4.17. The quantitative estimate of drug-likeness (QED) is 0.835. The standard InChI is InChI=1S/C11H18N4O2S/c1-18(16,17)15-6-4-10(5-7-15)14-11-3-2-9(12)8-13-11/h2-3,8,10H,4-7,12H2,1H3,(H,13,14). The predicted octanol–water partition coefficient (Wildman–Crippen LogP) is 0.500. The molecule has 0 bridgehead atoms. The lowest BCUT2D eigenvalue weighted by Gasteiger charge is -2.30.